The molecule has 2 N–H and O–H groups in total. The second-order valence-electron chi connectivity index (χ2n) is 3.67. The van der Waals surface area contributed by atoms with Gasteiger partial charge in [-0.2, -0.15) is 5.26 Å². The Bertz CT molecular complexity index is 597. The number of thiocarbonyl (C=S) groups is 1. The molecule has 0 aliphatic heterocycles. The lowest BCUT2D eigenvalue weighted by Crippen LogP contribution is -2.15. The van der Waals surface area contributed by atoms with Crippen LogP contribution in [0, 0.1) is 23.0 Å². The van der Waals surface area contributed by atoms with Crippen LogP contribution in [0.5, 0.6) is 0 Å². The lowest BCUT2D eigenvalue weighted by Gasteiger charge is -2.10. The highest BCUT2D eigenvalue weighted by Gasteiger charge is 2.16. The van der Waals surface area contributed by atoms with Gasteiger partial charge in [0, 0.05) is 0 Å². The summed E-state index contributed by atoms with van der Waals surface area (Å²) in [4.78, 5) is -0.285. The van der Waals surface area contributed by atoms with Crippen molar-refractivity contribution in [2.45, 2.75) is 6.92 Å². The number of aliphatic hydroxyl groups excluding tert-OH is 1. The minimum absolute atomic E-state index is 0.217. The van der Waals surface area contributed by atoms with Crippen LogP contribution in [0.2, 0.25) is 0 Å². The molecule has 0 bridgehead atoms. The molecule has 0 spiro atoms. The van der Waals surface area contributed by atoms with Crippen molar-refractivity contribution in [1.82, 2.24) is 0 Å². The zero-order chi connectivity index (χ0) is 14.6. The van der Waals surface area contributed by atoms with Crippen molar-refractivity contribution in [2.75, 3.05) is 5.32 Å². The van der Waals surface area contributed by atoms with E-state index in [-0.39, 0.29) is 16.1 Å². The van der Waals surface area contributed by atoms with Gasteiger partial charge in [-0.05, 0) is 24.6 Å². The molecule has 0 heterocycles. The summed E-state index contributed by atoms with van der Waals surface area (Å²) in [5.41, 5.74) is -0.561. The first kappa shape index (κ1) is 14.8. The van der Waals surface area contributed by atoms with E-state index < -0.39 is 23.1 Å². The van der Waals surface area contributed by atoms with Crippen LogP contribution in [-0.4, -0.2) is 10.1 Å². The summed E-state index contributed by atoms with van der Waals surface area (Å²) in [7, 11) is 0. The van der Waals surface area contributed by atoms with Gasteiger partial charge < -0.3 is 10.4 Å². The maximum atomic E-state index is 13.4. The third-order valence-electron chi connectivity index (χ3n) is 2.18. The number of benzene rings is 1. The van der Waals surface area contributed by atoms with Gasteiger partial charge in [0.25, 0.3) is 0 Å². The van der Waals surface area contributed by atoms with E-state index >= 15 is 0 Å². The first-order chi connectivity index (χ1) is 8.88. The highest BCUT2D eigenvalue weighted by molar-refractivity contribution is 7.81. The van der Waals surface area contributed by atoms with Gasteiger partial charge in [0.2, 0.25) is 0 Å². The van der Waals surface area contributed by atoms with Crippen molar-refractivity contribution >= 4 is 22.9 Å². The SMILES string of the molecule is C=C(C)C(O)=C(C#N)C(=S)Nc1c(F)cccc1F. The van der Waals surface area contributed by atoms with Crippen molar-refractivity contribution in [3.05, 3.63) is 53.3 Å². The van der Waals surface area contributed by atoms with E-state index in [1.165, 1.54) is 13.0 Å². The molecule has 0 atom stereocenters. The van der Waals surface area contributed by atoms with Crippen molar-refractivity contribution in [3.63, 3.8) is 0 Å². The fourth-order valence-corrected chi connectivity index (χ4v) is 1.46. The molecule has 0 unspecified atom stereocenters. The van der Waals surface area contributed by atoms with Crippen molar-refractivity contribution in [1.29, 1.82) is 5.26 Å². The molecule has 98 valence electrons. The Morgan fingerprint density at radius 2 is 1.95 bits per heavy atom. The Balaban J connectivity index is 3.14. The van der Waals surface area contributed by atoms with Crippen molar-refractivity contribution in [3.8, 4) is 6.07 Å². The minimum atomic E-state index is -0.852. The molecular formula is C13H10F2N2OS. The van der Waals surface area contributed by atoms with Crippen molar-refractivity contribution in [2.24, 2.45) is 0 Å². The molecule has 3 nitrogen and oxygen atoms in total. The summed E-state index contributed by atoms with van der Waals surface area (Å²) in [5.74, 6) is -2.12. The predicted octanol–water partition coefficient (Wildman–Crippen LogP) is 3.62. The summed E-state index contributed by atoms with van der Waals surface area (Å²) in [6.45, 7) is 4.93. The number of nitriles is 1. The number of nitrogens with one attached hydrogen (secondary N) is 1. The van der Waals surface area contributed by atoms with E-state index in [0.717, 1.165) is 12.1 Å². The topological polar surface area (TPSA) is 56.0 Å². The smallest absolute Gasteiger partial charge is 0.149 e. The van der Waals surface area contributed by atoms with E-state index in [0.29, 0.717) is 0 Å². The van der Waals surface area contributed by atoms with Gasteiger partial charge in [-0.1, -0.05) is 24.9 Å². The summed E-state index contributed by atoms with van der Waals surface area (Å²) >= 11 is 4.85. The first-order valence-electron chi connectivity index (χ1n) is 5.13. The molecule has 6 heteroatoms. The molecule has 19 heavy (non-hydrogen) atoms. The van der Waals surface area contributed by atoms with E-state index in [9.17, 15) is 13.9 Å². The van der Waals surface area contributed by atoms with Gasteiger partial charge in [-0.25, -0.2) is 8.78 Å². The molecule has 1 aromatic carbocycles. The summed E-state index contributed by atoms with van der Waals surface area (Å²) in [6, 6.07) is 4.95. The molecule has 1 aromatic rings. The van der Waals surface area contributed by atoms with Gasteiger partial charge in [-0.3, -0.25) is 0 Å². The van der Waals surface area contributed by atoms with Gasteiger partial charge >= 0.3 is 0 Å². The molecule has 1 rings (SSSR count). The first-order valence-corrected chi connectivity index (χ1v) is 5.54. The fourth-order valence-electron chi connectivity index (χ4n) is 1.22. The van der Waals surface area contributed by atoms with Crippen LogP contribution in [0.1, 0.15) is 6.92 Å². The summed E-state index contributed by atoms with van der Waals surface area (Å²) in [5, 5.41) is 20.8. The van der Waals surface area contributed by atoms with Gasteiger partial charge in [0.05, 0.1) is 0 Å². The van der Waals surface area contributed by atoms with Crippen molar-refractivity contribution < 1.29 is 13.9 Å². The molecule has 0 aliphatic rings. The van der Waals surface area contributed by atoms with Crippen LogP contribution in [0.15, 0.2) is 41.7 Å². The van der Waals surface area contributed by atoms with E-state index in [1.807, 2.05) is 0 Å². The Labute approximate surface area is 114 Å². The number of allylic oxidation sites excluding steroid dienone is 1. The monoisotopic (exact) mass is 280 g/mol. The Kier molecular flexibility index (Phi) is 4.73. The number of halogens is 2. The standard InChI is InChI=1S/C13H10F2N2OS/c1-7(2)12(18)8(6-16)13(19)17-11-9(14)4-3-5-10(11)15/h3-5,18H,1H2,2H3,(H,17,19). The second-order valence-corrected chi connectivity index (χ2v) is 4.07. The second kappa shape index (κ2) is 6.07. The van der Waals surface area contributed by atoms with Crippen LogP contribution in [0.25, 0.3) is 0 Å². The van der Waals surface area contributed by atoms with Crippen LogP contribution < -0.4 is 5.32 Å². The third kappa shape index (κ3) is 3.36. The van der Waals surface area contributed by atoms with Crippen LogP contribution >= 0.6 is 12.2 Å². The zero-order valence-electron chi connectivity index (χ0n) is 10.00. The largest absolute Gasteiger partial charge is 0.506 e. The van der Waals surface area contributed by atoms with E-state index in [4.69, 9.17) is 17.5 Å². The predicted molar refractivity (Wildman–Crippen MR) is 72.7 cm³/mol. The lowest BCUT2D eigenvalue weighted by atomic mass is 10.1. The number of hydrogen-bond donors (Lipinski definition) is 2. The maximum absolute atomic E-state index is 13.4. The number of para-hydroxylation sites is 1. The van der Waals surface area contributed by atoms with Crippen LogP contribution in [0.4, 0.5) is 14.5 Å². The molecule has 0 saturated heterocycles. The van der Waals surface area contributed by atoms with E-state index in [1.54, 1.807) is 6.07 Å². The minimum Gasteiger partial charge on any atom is -0.506 e. The molecule has 0 fully saturated rings. The van der Waals surface area contributed by atoms with Gasteiger partial charge in [0.1, 0.15) is 39.7 Å². The molecule has 0 aromatic heterocycles. The molecular weight excluding hydrogens is 270 g/mol. The normalized spacial score (nSPS) is 11.3. The molecule has 0 radical (unpaired) electrons. The van der Waals surface area contributed by atoms with Crippen LogP contribution in [-0.2, 0) is 0 Å². The Hall–Kier alpha value is -2.26. The number of nitrogens with zero attached hydrogens (tertiary/aromatic N) is 1. The lowest BCUT2D eigenvalue weighted by molar-refractivity contribution is 0.422. The third-order valence-corrected chi connectivity index (χ3v) is 2.49. The fraction of sp³-hybridized carbons (Fsp3) is 0.0769. The highest BCUT2D eigenvalue weighted by Crippen LogP contribution is 2.20. The number of anilines is 1. The number of aliphatic hydroxyl groups is 1. The maximum Gasteiger partial charge on any atom is 0.149 e. The number of hydrogen-bond acceptors (Lipinski definition) is 3. The molecule has 0 amide bonds. The average molecular weight is 280 g/mol. The Morgan fingerprint density at radius 3 is 2.37 bits per heavy atom. The van der Waals surface area contributed by atoms with Gasteiger partial charge in [-0.15, -0.1) is 0 Å². The summed E-state index contributed by atoms with van der Waals surface area (Å²) in [6.07, 6.45) is 0. The molecule has 0 aliphatic carbocycles. The number of rotatable bonds is 3. The quantitative estimate of drug-likeness (QED) is 0.292. The van der Waals surface area contributed by atoms with E-state index in [2.05, 4.69) is 11.9 Å². The average Bonchev–Trinajstić information content (AvgIpc) is 2.34. The summed E-state index contributed by atoms with van der Waals surface area (Å²) < 4.78 is 26.8. The zero-order valence-corrected chi connectivity index (χ0v) is 10.8. The van der Waals surface area contributed by atoms with Gasteiger partial charge in [0.15, 0.2) is 0 Å². The molecule has 0 saturated carbocycles. The highest BCUT2D eigenvalue weighted by atomic mass is 32.1. The Morgan fingerprint density at radius 1 is 1.42 bits per heavy atom. The van der Waals surface area contributed by atoms with Crippen LogP contribution in [0.3, 0.4) is 0 Å².